The maximum Gasteiger partial charge on any atom is 0.212 e. The van der Waals surface area contributed by atoms with Crippen LogP contribution in [0, 0.1) is 0 Å². The fourth-order valence-corrected chi connectivity index (χ4v) is 2.43. The maximum atomic E-state index is 5.97. The predicted molar refractivity (Wildman–Crippen MR) is 72.6 cm³/mol. The quantitative estimate of drug-likeness (QED) is 0.802. The van der Waals surface area contributed by atoms with Crippen LogP contribution in [-0.2, 0) is 0 Å². The summed E-state index contributed by atoms with van der Waals surface area (Å²) in [6.07, 6.45) is 5.66. The van der Waals surface area contributed by atoms with Crippen molar-refractivity contribution in [3.05, 3.63) is 23.9 Å². The summed E-state index contributed by atoms with van der Waals surface area (Å²) >= 11 is 0. The van der Waals surface area contributed by atoms with E-state index in [4.69, 9.17) is 10.5 Å². The van der Waals surface area contributed by atoms with E-state index in [0.717, 1.165) is 19.0 Å². The third-order valence-electron chi connectivity index (χ3n) is 3.47. The summed E-state index contributed by atoms with van der Waals surface area (Å²) in [4.78, 5) is 6.82. The van der Waals surface area contributed by atoms with E-state index in [1.54, 1.807) is 7.11 Å². The van der Waals surface area contributed by atoms with Gasteiger partial charge in [-0.25, -0.2) is 4.98 Å². The first-order chi connectivity index (χ1) is 8.80. The fourth-order valence-electron chi connectivity index (χ4n) is 2.43. The molecule has 1 unspecified atom stereocenters. The van der Waals surface area contributed by atoms with Gasteiger partial charge in [0, 0.05) is 30.9 Å². The van der Waals surface area contributed by atoms with Crippen molar-refractivity contribution in [1.82, 2.24) is 9.88 Å². The second-order valence-corrected chi connectivity index (χ2v) is 4.85. The summed E-state index contributed by atoms with van der Waals surface area (Å²) < 4.78 is 5.09. The van der Waals surface area contributed by atoms with Crippen molar-refractivity contribution in [2.24, 2.45) is 5.73 Å². The molecule has 1 saturated carbocycles. The zero-order chi connectivity index (χ0) is 13.0. The summed E-state index contributed by atoms with van der Waals surface area (Å²) in [6.45, 7) is 3.97. The largest absolute Gasteiger partial charge is 0.481 e. The van der Waals surface area contributed by atoms with Crippen LogP contribution in [0.2, 0.25) is 0 Å². The highest BCUT2D eigenvalue weighted by atomic mass is 16.5. The van der Waals surface area contributed by atoms with Gasteiger partial charge in [-0.1, -0.05) is 13.0 Å². The van der Waals surface area contributed by atoms with Gasteiger partial charge in [0.15, 0.2) is 0 Å². The average molecular weight is 249 g/mol. The molecule has 1 atom stereocenters. The van der Waals surface area contributed by atoms with Gasteiger partial charge in [-0.05, 0) is 31.4 Å². The number of hydrogen-bond acceptors (Lipinski definition) is 4. The Morgan fingerprint density at radius 3 is 2.72 bits per heavy atom. The minimum Gasteiger partial charge on any atom is -0.481 e. The first kappa shape index (κ1) is 13.3. The first-order valence-electron chi connectivity index (χ1n) is 6.75. The van der Waals surface area contributed by atoms with E-state index in [1.807, 2.05) is 12.3 Å². The number of nitrogens with zero attached hydrogens (tertiary/aromatic N) is 2. The lowest BCUT2D eigenvalue weighted by Gasteiger charge is -2.30. The molecule has 2 N–H and O–H groups in total. The molecule has 1 aromatic rings. The van der Waals surface area contributed by atoms with Gasteiger partial charge in [0.1, 0.15) is 0 Å². The van der Waals surface area contributed by atoms with Gasteiger partial charge in [-0.15, -0.1) is 0 Å². The molecule has 1 heterocycles. The Balaban J connectivity index is 2.14. The summed E-state index contributed by atoms with van der Waals surface area (Å²) in [7, 11) is 1.63. The predicted octanol–water partition coefficient (Wildman–Crippen LogP) is 1.96. The van der Waals surface area contributed by atoms with E-state index in [9.17, 15) is 0 Å². The Morgan fingerprint density at radius 2 is 2.28 bits per heavy atom. The zero-order valence-electron chi connectivity index (χ0n) is 11.3. The lowest BCUT2D eigenvalue weighted by Crippen LogP contribution is -2.36. The van der Waals surface area contributed by atoms with E-state index in [0.29, 0.717) is 12.4 Å². The van der Waals surface area contributed by atoms with Crippen LogP contribution >= 0.6 is 0 Å². The molecular weight excluding hydrogens is 226 g/mol. The van der Waals surface area contributed by atoms with Gasteiger partial charge in [-0.2, -0.15) is 0 Å². The second-order valence-electron chi connectivity index (χ2n) is 4.85. The maximum absolute atomic E-state index is 5.97. The molecule has 100 valence electrons. The highest BCUT2D eigenvalue weighted by Gasteiger charge is 2.33. The van der Waals surface area contributed by atoms with Gasteiger partial charge in [0.2, 0.25) is 5.88 Å². The van der Waals surface area contributed by atoms with E-state index >= 15 is 0 Å². The van der Waals surface area contributed by atoms with E-state index in [1.165, 1.54) is 18.4 Å². The lowest BCUT2D eigenvalue weighted by atomic mass is 10.1. The molecule has 0 spiro atoms. The number of ether oxygens (including phenoxy) is 1. The van der Waals surface area contributed by atoms with Crippen molar-refractivity contribution in [3.63, 3.8) is 0 Å². The molecule has 2 rings (SSSR count). The Labute approximate surface area is 109 Å². The molecule has 4 heteroatoms. The van der Waals surface area contributed by atoms with Crippen LogP contribution in [0.3, 0.4) is 0 Å². The smallest absolute Gasteiger partial charge is 0.212 e. The summed E-state index contributed by atoms with van der Waals surface area (Å²) in [5.74, 6) is 0.656. The molecule has 0 saturated heterocycles. The Morgan fingerprint density at radius 1 is 1.50 bits per heavy atom. The number of rotatable bonds is 7. The van der Waals surface area contributed by atoms with Crippen LogP contribution in [0.25, 0.3) is 0 Å². The third kappa shape index (κ3) is 3.00. The fraction of sp³-hybridized carbons (Fsp3) is 0.643. The van der Waals surface area contributed by atoms with Crippen molar-refractivity contribution in [3.8, 4) is 5.88 Å². The molecule has 1 aliphatic rings. The molecule has 1 aliphatic carbocycles. The molecule has 4 nitrogen and oxygen atoms in total. The van der Waals surface area contributed by atoms with Gasteiger partial charge in [0.25, 0.3) is 0 Å². The first-order valence-corrected chi connectivity index (χ1v) is 6.75. The molecular formula is C14H23N3O. The summed E-state index contributed by atoms with van der Waals surface area (Å²) in [5.41, 5.74) is 7.16. The van der Waals surface area contributed by atoms with Gasteiger partial charge in [0.05, 0.1) is 7.11 Å². The van der Waals surface area contributed by atoms with Crippen LogP contribution in [0.4, 0.5) is 0 Å². The average Bonchev–Trinajstić information content (AvgIpc) is 3.23. The standard InChI is InChI=1S/C14H23N3O/c1-3-8-17(12-5-6-12)13(9-15)11-4-7-14(18-2)16-10-11/h4,7,10,12-13H,3,5-6,8-9,15H2,1-2H3. The molecule has 0 bridgehead atoms. The zero-order valence-corrected chi connectivity index (χ0v) is 11.3. The number of methoxy groups -OCH3 is 1. The molecule has 1 fully saturated rings. The van der Waals surface area contributed by atoms with E-state index < -0.39 is 0 Å². The molecule has 1 aromatic heterocycles. The molecule has 18 heavy (non-hydrogen) atoms. The highest BCUT2D eigenvalue weighted by molar-refractivity contribution is 5.21. The lowest BCUT2D eigenvalue weighted by molar-refractivity contribution is 0.191. The van der Waals surface area contributed by atoms with Crippen LogP contribution in [0.5, 0.6) is 5.88 Å². The summed E-state index contributed by atoms with van der Waals surface area (Å²) in [6, 6.07) is 5.00. The SMILES string of the molecule is CCCN(C1CC1)C(CN)c1ccc(OC)nc1. The van der Waals surface area contributed by atoms with Crippen LogP contribution < -0.4 is 10.5 Å². The minimum atomic E-state index is 0.288. The number of pyridine rings is 1. The Hall–Kier alpha value is -1.13. The van der Waals surface area contributed by atoms with E-state index in [-0.39, 0.29) is 6.04 Å². The summed E-state index contributed by atoms with van der Waals surface area (Å²) in [5, 5.41) is 0. The van der Waals surface area contributed by atoms with Crippen molar-refractivity contribution >= 4 is 0 Å². The number of nitrogens with two attached hydrogens (primary N) is 1. The van der Waals surface area contributed by atoms with Gasteiger partial charge < -0.3 is 10.5 Å². The number of aromatic nitrogens is 1. The van der Waals surface area contributed by atoms with Crippen molar-refractivity contribution in [2.45, 2.75) is 38.3 Å². The Bertz CT molecular complexity index is 362. The van der Waals surface area contributed by atoms with Gasteiger partial charge in [-0.3, -0.25) is 4.90 Å². The second kappa shape index (κ2) is 6.16. The van der Waals surface area contributed by atoms with Crippen molar-refractivity contribution in [2.75, 3.05) is 20.2 Å². The highest BCUT2D eigenvalue weighted by Crippen LogP contribution is 2.34. The topological polar surface area (TPSA) is 51.4 Å². The Kier molecular flexibility index (Phi) is 4.55. The van der Waals surface area contributed by atoms with Crippen molar-refractivity contribution in [1.29, 1.82) is 0 Å². The molecule has 0 aliphatic heterocycles. The molecule has 0 amide bonds. The molecule has 0 aromatic carbocycles. The van der Waals surface area contributed by atoms with Crippen LogP contribution in [0.15, 0.2) is 18.3 Å². The third-order valence-corrected chi connectivity index (χ3v) is 3.47. The number of hydrogen-bond donors (Lipinski definition) is 1. The normalized spacial score (nSPS) is 16.9. The molecule has 0 radical (unpaired) electrons. The van der Waals surface area contributed by atoms with Crippen molar-refractivity contribution < 1.29 is 4.74 Å². The minimum absolute atomic E-state index is 0.288. The van der Waals surface area contributed by atoms with Gasteiger partial charge >= 0.3 is 0 Å². The van der Waals surface area contributed by atoms with Crippen LogP contribution in [-0.4, -0.2) is 36.1 Å². The van der Waals surface area contributed by atoms with E-state index in [2.05, 4.69) is 22.9 Å². The monoisotopic (exact) mass is 249 g/mol. The van der Waals surface area contributed by atoms with Crippen LogP contribution in [0.1, 0.15) is 37.8 Å².